The molecule has 1 aromatic heterocycles. The summed E-state index contributed by atoms with van der Waals surface area (Å²) in [5.74, 6) is 2.15. The molecule has 1 aliphatic rings. The van der Waals surface area contributed by atoms with Gasteiger partial charge in [0, 0.05) is 12.2 Å². The number of rotatable bonds is 6. The number of fused-ring (bicyclic) bond motifs is 1. The van der Waals surface area contributed by atoms with E-state index in [2.05, 4.69) is 70.7 Å². The highest BCUT2D eigenvalue weighted by Gasteiger charge is 2.33. The quantitative estimate of drug-likeness (QED) is 0.671. The molecule has 27 heavy (non-hydrogen) atoms. The van der Waals surface area contributed by atoms with E-state index in [1.165, 1.54) is 11.3 Å². The van der Waals surface area contributed by atoms with Crippen LogP contribution in [0.4, 0.5) is 5.69 Å². The molecule has 0 unspecified atom stereocenters. The van der Waals surface area contributed by atoms with Crippen molar-refractivity contribution in [1.82, 2.24) is 20.2 Å². The summed E-state index contributed by atoms with van der Waals surface area (Å²) in [6.45, 7) is 6.11. The van der Waals surface area contributed by atoms with Crippen molar-refractivity contribution >= 4 is 5.69 Å². The van der Waals surface area contributed by atoms with Gasteiger partial charge in [0.2, 0.25) is 0 Å². The van der Waals surface area contributed by atoms with Gasteiger partial charge in [0.05, 0.1) is 19.7 Å². The van der Waals surface area contributed by atoms with Gasteiger partial charge in [-0.25, -0.2) is 4.68 Å². The minimum Gasteiger partial charge on any atom is -0.497 e. The normalized spacial score (nSPS) is 14.4. The van der Waals surface area contributed by atoms with E-state index in [1.54, 1.807) is 7.11 Å². The monoisotopic (exact) mass is 363 g/mol. The van der Waals surface area contributed by atoms with Crippen LogP contribution in [-0.2, 0) is 13.0 Å². The molecule has 6 nitrogen and oxygen atoms in total. The zero-order valence-electron chi connectivity index (χ0n) is 16.0. The first-order valence-corrected chi connectivity index (χ1v) is 9.41. The summed E-state index contributed by atoms with van der Waals surface area (Å²) >= 11 is 0. The molecule has 6 heteroatoms. The van der Waals surface area contributed by atoms with Gasteiger partial charge in [-0.15, -0.1) is 5.10 Å². The van der Waals surface area contributed by atoms with Crippen molar-refractivity contribution in [1.29, 1.82) is 0 Å². The second kappa shape index (κ2) is 7.39. The number of nitrogens with zero attached hydrogens (tertiary/aromatic N) is 5. The first-order valence-electron chi connectivity index (χ1n) is 9.41. The fraction of sp³-hybridized carbons (Fsp3) is 0.381. The van der Waals surface area contributed by atoms with E-state index in [4.69, 9.17) is 4.74 Å². The van der Waals surface area contributed by atoms with Crippen LogP contribution in [0.15, 0.2) is 48.5 Å². The highest BCUT2D eigenvalue weighted by atomic mass is 16.5. The van der Waals surface area contributed by atoms with Crippen LogP contribution >= 0.6 is 0 Å². The SMILES string of the molecule is COc1ccc(Cn2nnnc2[C@H](C(C)C)N2CCc3ccccc32)cc1. The van der Waals surface area contributed by atoms with Crippen LogP contribution in [0, 0.1) is 5.92 Å². The van der Waals surface area contributed by atoms with Crippen molar-refractivity contribution in [2.45, 2.75) is 32.9 Å². The molecule has 4 rings (SSSR count). The minimum absolute atomic E-state index is 0.141. The molecule has 0 radical (unpaired) electrons. The Kier molecular flexibility index (Phi) is 4.79. The number of para-hydroxylation sites is 1. The summed E-state index contributed by atoms with van der Waals surface area (Å²) < 4.78 is 7.17. The van der Waals surface area contributed by atoms with Crippen molar-refractivity contribution in [2.75, 3.05) is 18.6 Å². The summed E-state index contributed by atoms with van der Waals surface area (Å²) in [6, 6.07) is 16.8. The Morgan fingerprint density at radius 1 is 1.07 bits per heavy atom. The third-order valence-electron chi connectivity index (χ3n) is 5.21. The number of tetrazole rings is 1. The highest BCUT2D eigenvalue weighted by molar-refractivity contribution is 5.59. The van der Waals surface area contributed by atoms with Crippen LogP contribution in [0.5, 0.6) is 5.75 Å². The van der Waals surface area contributed by atoms with E-state index in [0.29, 0.717) is 12.5 Å². The van der Waals surface area contributed by atoms with Crippen molar-refractivity contribution in [3.8, 4) is 5.75 Å². The average Bonchev–Trinajstić information content (AvgIpc) is 3.31. The Bertz CT molecular complexity index is 903. The first-order chi connectivity index (χ1) is 13.2. The molecule has 0 saturated heterocycles. The van der Waals surface area contributed by atoms with Crippen LogP contribution in [0.3, 0.4) is 0 Å². The van der Waals surface area contributed by atoms with Crippen molar-refractivity contribution in [3.63, 3.8) is 0 Å². The van der Waals surface area contributed by atoms with E-state index in [9.17, 15) is 0 Å². The number of ether oxygens (including phenoxy) is 1. The number of hydrogen-bond acceptors (Lipinski definition) is 5. The number of anilines is 1. The maximum Gasteiger partial charge on any atom is 0.174 e. The van der Waals surface area contributed by atoms with Gasteiger partial charge in [-0.3, -0.25) is 0 Å². The Morgan fingerprint density at radius 2 is 1.85 bits per heavy atom. The molecule has 0 fully saturated rings. The number of hydrogen-bond donors (Lipinski definition) is 0. The predicted molar refractivity (Wildman–Crippen MR) is 105 cm³/mol. The van der Waals surface area contributed by atoms with E-state index < -0.39 is 0 Å². The number of aromatic nitrogens is 4. The molecule has 1 aliphatic heterocycles. The molecule has 140 valence electrons. The molecule has 2 heterocycles. The van der Waals surface area contributed by atoms with Crippen molar-refractivity contribution < 1.29 is 4.74 Å². The van der Waals surface area contributed by atoms with Gasteiger partial charge in [0.1, 0.15) is 5.75 Å². The van der Waals surface area contributed by atoms with Gasteiger partial charge in [0.25, 0.3) is 0 Å². The second-order valence-corrected chi connectivity index (χ2v) is 7.30. The largest absolute Gasteiger partial charge is 0.497 e. The van der Waals surface area contributed by atoms with E-state index in [-0.39, 0.29) is 6.04 Å². The van der Waals surface area contributed by atoms with Gasteiger partial charge < -0.3 is 9.64 Å². The van der Waals surface area contributed by atoms with Gasteiger partial charge in [0.15, 0.2) is 5.82 Å². The standard InChI is InChI=1S/C21H25N5O/c1-15(2)20(25-13-12-17-6-4-5-7-19(17)25)21-22-23-24-26(21)14-16-8-10-18(27-3)11-9-16/h4-11,15,20H,12-14H2,1-3H3/t20-/m0/s1. The third-order valence-corrected chi connectivity index (χ3v) is 5.21. The van der Waals surface area contributed by atoms with Gasteiger partial charge in [-0.2, -0.15) is 0 Å². The summed E-state index contributed by atoms with van der Waals surface area (Å²) in [5.41, 5.74) is 3.85. The molecule has 0 aliphatic carbocycles. The maximum absolute atomic E-state index is 5.24. The van der Waals surface area contributed by atoms with Crippen LogP contribution in [0.2, 0.25) is 0 Å². The molecular formula is C21H25N5O. The number of methoxy groups -OCH3 is 1. The smallest absolute Gasteiger partial charge is 0.174 e. The maximum atomic E-state index is 5.24. The predicted octanol–water partition coefficient (Wildman–Crippen LogP) is 3.49. The lowest BCUT2D eigenvalue weighted by Gasteiger charge is -2.32. The molecular weight excluding hydrogens is 338 g/mol. The van der Waals surface area contributed by atoms with Gasteiger partial charge in [-0.1, -0.05) is 44.2 Å². The Hall–Kier alpha value is -2.89. The van der Waals surface area contributed by atoms with E-state index in [1.807, 2.05) is 16.8 Å². The highest BCUT2D eigenvalue weighted by Crippen LogP contribution is 2.37. The van der Waals surface area contributed by atoms with Crippen molar-refractivity contribution in [3.05, 3.63) is 65.5 Å². The number of benzene rings is 2. The molecule has 0 amide bonds. The molecule has 0 bridgehead atoms. The van der Waals surface area contributed by atoms with Gasteiger partial charge >= 0.3 is 0 Å². The molecule has 0 spiro atoms. The fourth-order valence-electron chi connectivity index (χ4n) is 3.89. The average molecular weight is 363 g/mol. The Labute approximate surface area is 159 Å². The van der Waals surface area contributed by atoms with E-state index >= 15 is 0 Å². The molecule has 2 aromatic carbocycles. The fourth-order valence-corrected chi connectivity index (χ4v) is 3.89. The Balaban J connectivity index is 1.64. The molecule has 0 N–H and O–H groups in total. The topological polar surface area (TPSA) is 56.1 Å². The summed E-state index contributed by atoms with van der Waals surface area (Å²) in [7, 11) is 1.68. The molecule has 0 saturated carbocycles. The minimum atomic E-state index is 0.141. The lowest BCUT2D eigenvalue weighted by molar-refractivity contribution is 0.414. The van der Waals surface area contributed by atoms with Crippen LogP contribution < -0.4 is 9.64 Å². The van der Waals surface area contributed by atoms with Crippen LogP contribution in [0.25, 0.3) is 0 Å². The van der Waals surface area contributed by atoms with Crippen LogP contribution in [0.1, 0.15) is 36.8 Å². The van der Waals surface area contributed by atoms with Crippen LogP contribution in [-0.4, -0.2) is 33.9 Å². The third kappa shape index (κ3) is 3.39. The lowest BCUT2D eigenvalue weighted by Crippen LogP contribution is -2.33. The Morgan fingerprint density at radius 3 is 2.59 bits per heavy atom. The zero-order valence-corrected chi connectivity index (χ0v) is 16.0. The summed E-state index contributed by atoms with van der Waals surface area (Å²) in [4.78, 5) is 2.45. The molecule has 3 aromatic rings. The second-order valence-electron chi connectivity index (χ2n) is 7.30. The lowest BCUT2D eigenvalue weighted by atomic mass is 10.0. The van der Waals surface area contributed by atoms with E-state index in [0.717, 1.165) is 30.1 Å². The zero-order chi connectivity index (χ0) is 18.8. The molecule has 1 atom stereocenters. The summed E-state index contributed by atoms with van der Waals surface area (Å²) in [5, 5.41) is 12.7. The summed E-state index contributed by atoms with van der Waals surface area (Å²) in [6.07, 6.45) is 1.07. The van der Waals surface area contributed by atoms with Gasteiger partial charge in [-0.05, 0) is 52.1 Å². The van der Waals surface area contributed by atoms with Crippen molar-refractivity contribution in [2.24, 2.45) is 5.92 Å². The first kappa shape index (κ1) is 17.5.